The third-order valence-electron chi connectivity index (χ3n) is 4.62. The van der Waals surface area contributed by atoms with Crippen molar-refractivity contribution in [3.05, 3.63) is 69.8 Å². The predicted octanol–water partition coefficient (Wildman–Crippen LogP) is 4.99. The van der Waals surface area contributed by atoms with Gasteiger partial charge in [-0.1, -0.05) is 47.8 Å². The Hall–Kier alpha value is -2.05. The molecule has 1 aliphatic rings. The third-order valence-corrected chi connectivity index (χ3v) is 6.92. The van der Waals surface area contributed by atoms with E-state index in [-0.39, 0.29) is 12.4 Å². The van der Waals surface area contributed by atoms with Gasteiger partial charge in [0.25, 0.3) is 0 Å². The molecule has 0 saturated heterocycles. The molecule has 0 radical (unpaired) electrons. The van der Waals surface area contributed by atoms with E-state index in [1.807, 2.05) is 51.1 Å². The molecule has 0 aromatic heterocycles. The SMILES string of the molecule is Cc1cc(C)c(C(=O)COC(=O)c2ccccc2CSC2=NCCS2)cc1C. The lowest BCUT2D eigenvalue weighted by Gasteiger charge is -2.11. The number of esters is 1. The van der Waals surface area contributed by atoms with E-state index in [1.165, 1.54) is 0 Å². The normalized spacial score (nSPS) is 13.3. The number of ether oxygens (including phenoxy) is 1. The van der Waals surface area contributed by atoms with Gasteiger partial charge in [0.15, 0.2) is 6.61 Å². The fraction of sp³-hybridized carbons (Fsp3) is 0.318. The van der Waals surface area contributed by atoms with Gasteiger partial charge in [0, 0.05) is 17.1 Å². The fourth-order valence-electron chi connectivity index (χ4n) is 2.94. The highest BCUT2D eigenvalue weighted by Crippen LogP contribution is 2.26. The Labute approximate surface area is 174 Å². The van der Waals surface area contributed by atoms with Crippen molar-refractivity contribution < 1.29 is 14.3 Å². The maximum atomic E-state index is 12.6. The highest BCUT2D eigenvalue weighted by molar-refractivity contribution is 8.38. The summed E-state index contributed by atoms with van der Waals surface area (Å²) in [6, 6.07) is 11.2. The van der Waals surface area contributed by atoms with E-state index in [4.69, 9.17) is 4.74 Å². The van der Waals surface area contributed by atoms with E-state index >= 15 is 0 Å². The predicted molar refractivity (Wildman–Crippen MR) is 118 cm³/mol. The van der Waals surface area contributed by atoms with E-state index in [9.17, 15) is 9.59 Å². The first-order chi connectivity index (χ1) is 13.5. The highest BCUT2D eigenvalue weighted by atomic mass is 32.2. The van der Waals surface area contributed by atoms with Crippen LogP contribution < -0.4 is 0 Å². The van der Waals surface area contributed by atoms with Gasteiger partial charge in [0.1, 0.15) is 4.38 Å². The maximum absolute atomic E-state index is 12.6. The van der Waals surface area contributed by atoms with E-state index in [2.05, 4.69) is 4.99 Å². The van der Waals surface area contributed by atoms with Crippen molar-refractivity contribution in [1.82, 2.24) is 0 Å². The average Bonchev–Trinajstić information content (AvgIpc) is 3.21. The topological polar surface area (TPSA) is 55.7 Å². The molecule has 2 aromatic rings. The van der Waals surface area contributed by atoms with E-state index < -0.39 is 5.97 Å². The molecule has 0 spiro atoms. The Kier molecular flexibility index (Phi) is 6.97. The number of aliphatic imine (C=N–C) groups is 1. The van der Waals surface area contributed by atoms with Crippen molar-refractivity contribution >= 4 is 39.7 Å². The number of hydrogen-bond acceptors (Lipinski definition) is 6. The zero-order valence-electron chi connectivity index (χ0n) is 16.3. The van der Waals surface area contributed by atoms with Gasteiger partial charge in [-0.3, -0.25) is 9.79 Å². The molecule has 6 heteroatoms. The van der Waals surface area contributed by atoms with Crippen molar-refractivity contribution in [2.24, 2.45) is 4.99 Å². The van der Waals surface area contributed by atoms with Crippen LogP contribution in [0.2, 0.25) is 0 Å². The molecule has 0 bridgehead atoms. The van der Waals surface area contributed by atoms with Gasteiger partial charge in [-0.2, -0.15) is 0 Å². The van der Waals surface area contributed by atoms with Gasteiger partial charge < -0.3 is 4.74 Å². The lowest BCUT2D eigenvalue weighted by atomic mass is 9.98. The van der Waals surface area contributed by atoms with Gasteiger partial charge >= 0.3 is 5.97 Å². The molecule has 1 heterocycles. The number of ketones is 1. The Morgan fingerprint density at radius 3 is 2.57 bits per heavy atom. The van der Waals surface area contributed by atoms with Crippen molar-refractivity contribution in [3.63, 3.8) is 0 Å². The van der Waals surface area contributed by atoms with Crippen LogP contribution >= 0.6 is 23.5 Å². The summed E-state index contributed by atoms with van der Waals surface area (Å²) in [6.07, 6.45) is 0. The van der Waals surface area contributed by atoms with Crippen LogP contribution in [0.3, 0.4) is 0 Å². The number of Topliss-reactive ketones (excluding diaryl/α,β-unsaturated/α-hetero) is 1. The van der Waals surface area contributed by atoms with Crippen molar-refractivity contribution in [1.29, 1.82) is 0 Å². The first-order valence-electron chi connectivity index (χ1n) is 9.12. The second-order valence-corrected chi connectivity index (χ2v) is 9.00. The molecular weight excluding hydrogens is 390 g/mol. The van der Waals surface area contributed by atoms with Crippen LogP contribution in [0.15, 0.2) is 41.4 Å². The van der Waals surface area contributed by atoms with Crippen LogP contribution in [0.4, 0.5) is 0 Å². The zero-order valence-corrected chi connectivity index (χ0v) is 17.9. The molecule has 28 heavy (non-hydrogen) atoms. The van der Waals surface area contributed by atoms with Gasteiger partial charge in [-0.15, -0.1) is 0 Å². The number of thioether (sulfide) groups is 2. The summed E-state index contributed by atoms with van der Waals surface area (Å²) >= 11 is 3.38. The number of nitrogens with zero attached hydrogens (tertiary/aromatic N) is 1. The van der Waals surface area contributed by atoms with Gasteiger partial charge in [-0.05, 0) is 55.2 Å². The summed E-state index contributed by atoms with van der Waals surface area (Å²) in [5.74, 6) is 1.03. The van der Waals surface area contributed by atoms with Crippen LogP contribution in [0.25, 0.3) is 0 Å². The largest absolute Gasteiger partial charge is 0.454 e. The molecule has 0 amide bonds. The van der Waals surface area contributed by atoms with Crippen molar-refractivity contribution in [3.8, 4) is 0 Å². The Balaban J connectivity index is 1.65. The standard InChI is InChI=1S/C22H23NO3S2/c1-14-10-16(3)19(11-15(14)2)20(24)12-26-21(25)18-7-5-4-6-17(18)13-28-22-23-8-9-27-22/h4-7,10-11H,8-9,12-13H2,1-3H3. The molecule has 0 atom stereocenters. The summed E-state index contributed by atoms with van der Waals surface area (Å²) in [5, 5.41) is 0. The molecule has 146 valence electrons. The molecule has 4 nitrogen and oxygen atoms in total. The molecule has 3 rings (SSSR count). The summed E-state index contributed by atoms with van der Waals surface area (Å²) in [7, 11) is 0. The van der Waals surface area contributed by atoms with E-state index in [0.717, 1.165) is 38.9 Å². The number of aryl methyl sites for hydroxylation is 3. The van der Waals surface area contributed by atoms with Gasteiger partial charge in [-0.25, -0.2) is 4.79 Å². The van der Waals surface area contributed by atoms with Gasteiger partial charge in [0.2, 0.25) is 5.78 Å². The quantitative estimate of drug-likeness (QED) is 0.493. The smallest absolute Gasteiger partial charge is 0.338 e. The van der Waals surface area contributed by atoms with E-state index in [0.29, 0.717) is 16.9 Å². The number of hydrogen-bond donors (Lipinski definition) is 0. The molecule has 0 aliphatic carbocycles. The molecule has 2 aromatic carbocycles. The Morgan fingerprint density at radius 1 is 1.07 bits per heavy atom. The minimum atomic E-state index is -0.466. The molecule has 0 unspecified atom stereocenters. The van der Waals surface area contributed by atoms with Crippen LogP contribution in [0, 0.1) is 20.8 Å². The maximum Gasteiger partial charge on any atom is 0.338 e. The van der Waals surface area contributed by atoms with E-state index in [1.54, 1.807) is 29.6 Å². The highest BCUT2D eigenvalue weighted by Gasteiger charge is 2.17. The van der Waals surface area contributed by atoms with Crippen LogP contribution in [-0.4, -0.2) is 35.0 Å². The summed E-state index contributed by atoms with van der Waals surface area (Å²) in [4.78, 5) is 29.6. The van der Waals surface area contributed by atoms with Gasteiger partial charge in [0.05, 0.1) is 12.1 Å². The molecule has 0 N–H and O–H groups in total. The third kappa shape index (κ3) is 5.06. The number of benzene rings is 2. The van der Waals surface area contributed by atoms with Crippen LogP contribution in [-0.2, 0) is 10.5 Å². The number of carbonyl (C=O) groups is 2. The fourth-order valence-corrected chi connectivity index (χ4v) is 4.95. The lowest BCUT2D eigenvalue weighted by Crippen LogP contribution is -2.16. The van der Waals surface area contributed by atoms with Crippen molar-refractivity contribution in [2.75, 3.05) is 18.9 Å². The first kappa shape index (κ1) is 20.7. The van der Waals surface area contributed by atoms with Crippen LogP contribution in [0.5, 0.6) is 0 Å². The number of rotatable bonds is 6. The Bertz CT molecular complexity index is 937. The summed E-state index contributed by atoms with van der Waals surface area (Å²) < 4.78 is 6.41. The lowest BCUT2D eigenvalue weighted by molar-refractivity contribution is 0.0473. The first-order valence-corrected chi connectivity index (χ1v) is 11.1. The number of carbonyl (C=O) groups excluding carboxylic acids is 2. The molecule has 0 saturated carbocycles. The molecule has 0 fully saturated rings. The second-order valence-electron chi connectivity index (χ2n) is 6.69. The minimum Gasteiger partial charge on any atom is -0.454 e. The minimum absolute atomic E-state index is 0.183. The molecule has 1 aliphatic heterocycles. The monoisotopic (exact) mass is 413 g/mol. The Morgan fingerprint density at radius 2 is 1.82 bits per heavy atom. The average molecular weight is 414 g/mol. The summed E-state index contributed by atoms with van der Waals surface area (Å²) in [5.41, 5.74) is 5.09. The zero-order chi connectivity index (χ0) is 20.1. The second kappa shape index (κ2) is 9.43. The summed E-state index contributed by atoms with van der Waals surface area (Å²) in [6.45, 7) is 6.49. The van der Waals surface area contributed by atoms with Crippen molar-refractivity contribution in [2.45, 2.75) is 26.5 Å². The van der Waals surface area contributed by atoms with Crippen LogP contribution in [0.1, 0.15) is 43.0 Å². The molecular formula is C22H23NO3S2.